The maximum absolute atomic E-state index is 13.8. The Morgan fingerprint density at radius 2 is 1.86 bits per heavy atom. The van der Waals surface area contributed by atoms with Crippen LogP contribution in [-0.2, 0) is 16.0 Å². The molecule has 0 saturated heterocycles. The normalized spacial score (nSPS) is 20.1. The molecule has 3 heterocycles. The summed E-state index contributed by atoms with van der Waals surface area (Å²) in [5.41, 5.74) is 4.55. The largest absolute Gasteiger partial charge is 0.356 e. The summed E-state index contributed by atoms with van der Waals surface area (Å²) in [5.74, 6) is -0.648. The van der Waals surface area contributed by atoms with Crippen molar-refractivity contribution in [2.75, 3.05) is 6.54 Å². The summed E-state index contributed by atoms with van der Waals surface area (Å²) in [6.07, 6.45) is 1.96. The van der Waals surface area contributed by atoms with Crippen LogP contribution in [0.2, 0.25) is 0 Å². The summed E-state index contributed by atoms with van der Waals surface area (Å²) in [5, 5.41) is 7.01. The average Bonchev–Trinajstić information content (AvgIpc) is 3.40. The van der Waals surface area contributed by atoms with Crippen molar-refractivity contribution in [2.45, 2.75) is 58.2 Å². The molecule has 182 valence electrons. The van der Waals surface area contributed by atoms with E-state index in [1.54, 1.807) is 4.90 Å². The fraction of sp³-hybridized carbons (Fsp3) is 0.393. The molecule has 3 N–H and O–H groups in total. The number of nitrogens with zero attached hydrogens (tertiary/aromatic N) is 1. The zero-order valence-electron chi connectivity index (χ0n) is 20.4. The third-order valence-electron chi connectivity index (χ3n) is 7.50. The molecule has 0 aliphatic carbocycles. The number of aromatic amines is 1. The lowest BCUT2D eigenvalue weighted by molar-refractivity contribution is -0.133. The second-order valence-electron chi connectivity index (χ2n) is 9.65. The first-order chi connectivity index (χ1) is 17.0. The number of benzene rings is 2. The number of fused-ring (bicyclic) bond motifs is 7. The number of para-hydroxylation sites is 1. The first-order valence-corrected chi connectivity index (χ1v) is 12.5. The van der Waals surface area contributed by atoms with Crippen LogP contribution >= 0.6 is 0 Å². The fourth-order valence-electron chi connectivity index (χ4n) is 5.45. The van der Waals surface area contributed by atoms with Gasteiger partial charge in [-0.25, -0.2) is 0 Å². The van der Waals surface area contributed by atoms with Gasteiger partial charge in [-0.3, -0.25) is 14.4 Å². The molecular weight excluding hydrogens is 440 g/mol. The van der Waals surface area contributed by atoms with Crippen molar-refractivity contribution in [3.63, 3.8) is 0 Å². The minimum absolute atomic E-state index is 0.0367. The lowest BCUT2D eigenvalue weighted by Gasteiger charge is -2.38. The fourth-order valence-corrected chi connectivity index (χ4v) is 5.45. The van der Waals surface area contributed by atoms with E-state index in [9.17, 15) is 14.4 Å². The molecule has 4 atom stereocenters. The van der Waals surface area contributed by atoms with Gasteiger partial charge in [-0.1, -0.05) is 63.6 Å². The van der Waals surface area contributed by atoms with Crippen LogP contribution in [0.1, 0.15) is 66.8 Å². The number of rotatable bonds is 7. The van der Waals surface area contributed by atoms with Crippen LogP contribution in [0.4, 0.5) is 0 Å². The Hall–Kier alpha value is -3.61. The van der Waals surface area contributed by atoms with E-state index < -0.39 is 12.1 Å². The summed E-state index contributed by atoms with van der Waals surface area (Å²) in [7, 11) is 0. The van der Waals surface area contributed by atoms with Gasteiger partial charge < -0.3 is 20.5 Å². The molecule has 0 spiro atoms. The van der Waals surface area contributed by atoms with E-state index in [1.807, 2.05) is 63.2 Å². The first kappa shape index (κ1) is 23.1. The molecule has 7 nitrogen and oxygen atoms in total. The topological polar surface area (TPSA) is 94.3 Å². The van der Waals surface area contributed by atoms with Gasteiger partial charge in [0.2, 0.25) is 11.8 Å². The highest BCUT2D eigenvalue weighted by Gasteiger charge is 2.49. The molecule has 0 bridgehead atoms. The van der Waals surface area contributed by atoms with Crippen molar-refractivity contribution in [3.05, 3.63) is 70.9 Å². The Bertz CT molecular complexity index is 1300. The van der Waals surface area contributed by atoms with Gasteiger partial charge in [0.1, 0.15) is 12.1 Å². The Balaban J connectivity index is 1.55. The molecule has 0 unspecified atom stereocenters. The molecule has 2 aliphatic heterocycles. The smallest absolute Gasteiger partial charge is 0.255 e. The van der Waals surface area contributed by atoms with Crippen molar-refractivity contribution < 1.29 is 14.4 Å². The minimum atomic E-state index is -0.711. The molecule has 0 radical (unpaired) electrons. The molecule has 3 amide bonds. The Kier molecular flexibility index (Phi) is 6.09. The SMILES string of the molecule is CCCNC(=O)[C@@H](NC(=O)[C@@H]1Cc2c([nH]c3ccccc23)[C@@H]2c3ccccc3C(=O)N21)[C@@H](C)CC. The second kappa shape index (κ2) is 9.21. The van der Waals surface area contributed by atoms with Gasteiger partial charge in [0.25, 0.3) is 5.91 Å². The number of nitrogens with one attached hydrogen (secondary N) is 3. The molecule has 2 aliphatic rings. The number of amides is 3. The lowest BCUT2D eigenvalue weighted by atomic mass is 9.89. The van der Waals surface area contributed by atoms with Gasteiger partial charge >= 0.3 is 0 Å². The number of hydrogen-bond acceptors (Lipinski definition) is 3. The van der Waals surface area contributed by atoms with E-state index in [0.717, 1.165) is 40.6 Å². The van der Waals surface area contributed by atoms with Crippen LogP contribution in [-0.4, -0.2) is 46.2 Å². The van der Waals surface area contributed by atoms with Gasteiger partial charge in [-0.2, -0.15) is 0 Å². The van der Waals surface area contributed by atoms with Crippen LogP contribution in [0.3, 0.4) is 0 Å². The Morgan fingerprint density at radius 3 is 2.63 bits per heavy atom. The molecule has 1 aromatic heterocycles. The van der Waals surface area contributed by atoms with Gasteiger partial charge in [0.15, 0.2) is 0 Å². The summed E-state index contributed by atoms with van der Waals surface area (Å²) in [6, 6.07) is 13.9. The quantitative estimate of drug-likeness (QED) is 0.489. The van der Waals surface area contributed by atoms with E-state index in [2.05, 4.69) is 21.7 Å². The molecule has 0 fully saturated rings. The number of aromatic nitrogens is 1. The predicted molar refractivity (Wildman–Crippen MR) is 135 cm³/mol. The van der Waals surface area contributed by atoms with Crippen molar-refractivity contribution in [2.24, 2.45) is 5.92 Å². The highest BCUT2D eigenvalue weighted by molar-refractivity contribution is 6.04. The third-order valence-corrected chi connectivity index (χ3v) is 7.50. The Labute approximate surface area is 205 Å². The second-order valence-corrected chi connectivity index (χ2v) is 9.65. The van der Waals surface area contributed by atoms with Gasteiger partial charge in [0, 0.05) is 35.1 Å². The minimum Gasteiger partial charge on any atom is -0.356 e. The van der Waals surface area contributed by atoms with Gasteiger partial charge in [-0.05, 0) is 35.6 Å². The number of hydrogen-bond donors (Lipinski definition) is 3. The first-order valence-electron chi connectivity index (χ1n) is 12.5. The number of carbonyl (C=O) groups excluding carboxylic acids is 3. The average molecular weight is 473 g/mol. The summed E-state index contributed by atoms with van der Waals surface area (Å²) in [6.45, 7) is 6.53. The molecule has 0 saturated carbocycles. The molecular formula is C28H32N4O3. The van der Waals surface area contributed by atoms with Crippen molar-refractivity contribution in [1.29, 1.82) is 0 Å². The summed E-state index contributed by atoms with van der Waals surface area (Å²) in [4.78, 5) is 45.5. The third kappa shape index (κ3) is 3.79. The maximum atomic E-state index is 13.8. The zero-order chi connectivity index (χ0) is 24.7. The molecule has 2 aromatic carbocycles. The molecule has 35 heavy (non-hydrogen) atoms. The van der Waals surface area contributed by atoms with E-state index >= 15 is 0 Å². The number of H-pyrrole nitrogens is 1. The van der Waals surface area contributed by atoms with Crippen molar-refractivity contribution >= 4 is 28.6 Å². The van der Waals surface area contributed by atoms with Crippen molar-refractivity contribution in [1.82, 2.24) is 20.5 Å². The number of carbonyl (C=O) groups is 3. The highest BCUT2D eigenvalue weighted by atomic mass is 16.2. The van der Waals surface area contributed by atoms with Gasteiger partial charge in [0.05, 0.1) is 6.04 Å². The molecule has 5 rings (SSSR count). The highest BCUT2D eigenvalue weighted by Crippen LogP contribution is 2.46. The van der Waals surface area contributed by atoms with Crippen LogP contribution < -0.4 is 10.6 Å². The van der Waals surface area contributed by atoms with E-state index in [4.69, 9.17) is 0 Å². The lowest BCUT2D eigenvalue weighted by Crippen LogP contribution is -2.58. The standard InChI is InChI=1S/C28H32N4O3/c1-4-14-29-27(34)23(16(3)5-2)31-26(33)22-15-20-17-10-8-9-13-21(17)30-24(20)25-18-11-6-7-12-19(18)28(35)32(22)25/h6-13,16,22-23,25,30H,4-5,14-15H2,1-3H3,(H,29,34)(H,31,33)/t16-,22-,23-,25-/m0/s1. The molecule has 7 heteroatoms. The summed E-state index contributed by atoms with van der Waals surface area (Å²) >= 11 is 0. The van der Waals surface area contributed by atoms with Crippen molar-refractivity contribution in [3.8, 4) is 0 Å². The van der Waals surface area contributed by atoms with Crippen LogP contribution in [0.25, 0.3) is 10.9 Å². The Morgan fingerprint density at radius 1 is 1.11 bits per heavy atom. The predicted octanol–water partition coefficient (Wildman–Crippen LogP) is 3.69. The summed E-state index contributed by atoms with van der Waals surface area (Å²) < 4.78 is 0. The van der Waals surface area contributed by atoms with Crippen LogP contribution in [0.15, 0.2) is 48.5 Å². The van der Waals surface area contributed by atoms with Crippen LogP contribution in [0.5, 0.6) is 0 Å². The van der Waals surface area contributed by atoms with E-state index in [-0.39, 0.29) is 29.7 Å². The maximum Gasteiger partial charge on any atom is 0.255 e. The van der Waals surface area contributed by atoms with E-state index in [0.29, 0.717) is 18.5 Å². The van der Waals surface area contributed by atoms with Crippen LogP contribution in [0, 0.1) is 5.92 Å². The zero-order valence-corrected chi connectivity index (χ0v) is 20.4. The monoisotopic (exact) mass is 472 g/mol. The van der Waals surface area contributed by atoms with Gasteiger partial charge in [-0.15, -0.1) is 0 Å². The molecule has 3 aromatic rings. The van der Waals surface area contributed by atoms with E-state index in [1.165, 1.54) is 0 Å².